The molecule has 1 aliphatic heterocycles. The van der Waals surface area contributed by atoms with E-state index in [4.69, 9.17) is 4.98 Å². The number of hydrogen-bond acceptors (Lipinski definition) is 4. The maximum Gasteiger partial charge on any atom is 0.0982 e. The van der Waals surface area contributed by atoms with Crippen LogP contribution in [0.25, 0.3) is 0 Å². The second-order valence-corrected chi connectivity index (χ2v) is 8.31. The number of rotatable bonds is 6. The van der Waals surface area contributed by atoms with Crippen molar-refractivity contribution < 1.29 is 0 Å². The van der Waals surface area contributed by atoms with Crippen molar-refractivity contribution in [3.05, 3.63) is 16.1 Å². The quantitative estimate of drug-likeness (QED) is 0.813. The van der Waals surface area contributed by atoms with Crippen LogP contribution in [0.1, 0.15) is 57.7 Å². The fourth-order valence-electron chi connectivity index (χ4n) is 2.66. The van der Waals surface area contributed by atoms with Crippen molar-refractivity contribution in [3.63, 3.8) is 0 Å². The molecule has 1 aromatic rings. The van der Waals surface area contributed by atoms with Crippen LogP contribution in [0.15, 0.2) is 5.38 Å². The molecule has 0 aromatic carbocycles. The lowest BCUT2D eigenvalue weighted by Gasteiger charge is -2.30. The number of aromatic nitrogens is 1. The Bertz CT molecular complexity index is 414. The van der Waals surface area contributed by atoms with Gasteiger partial charge in [-0.15, -0.1) is 11.3 Å². The molecule has 0 amide bonds. The standard InChI is InChI=1S/C17H31N3S/c1-14-6-10-20(11-7-14)9-5-8-18-12-15-13-21-16(19-15)17(2,3)4/h13-14,18H,5-12H2,1-4H3. The van der Waals surface area contributed by atoms with Crippen LogP contribution in [0.3, 0.4) is 0 Å². The van der Waals surface area contributed by atoms with E-state index in [1.165, 1.54) is 49.6 Å². The zero-order valence-corrected chi connectivity index (χ0v) is 14.9. The first-order valence-electron chi connectivity index (χ1n) is 8.33. The summed E-state index contributed by atoms with van der Waals surface area (Å²) in [5.41, 5.74) is 1.37. The SMILES string of the molecule is CC1CCN(CCCNCc2csc(C(C)(C)C)n2)CC1. The van der Waals surface area contributed by atoms with Crippen LogP contribution < -0.4 is 5.32 Å². The van der Waals surface area contributed by atoms with Crippen LogP contribution >= 0.6 is 11.3 Å². The molecule has 0 bridgehead atoms. The monoisotopic (exact) mass is 309 g/mol. The fraction of sp³-hybridized carbons (Fsp3) is 0.824. The van der Waals surface area contributed by atoms with Crippen LogP contribution in [0.5, 0.6) is 0 Å². The largest absolute Gasteiger partial charge is 0.311 e. The van der Waals surface area contributed by atoms with E-state index in [0.717, 1.165) is 19.0 Å². The minimum absolute atomic E-state index is 0.175. The molecule has 1 N–H and O–H groups in total. The molecule has 2 rings (SSSR count). The topological polar surface area (TPSA) is 28.2 Å². The summed E-state index contributed by atoms with van der Waals surface area (Å²) in [6, 6.07) is 0. The molecule has 1 aliphatic rings. The van der Waals surface area contributed by atoms with Gasteiger partial charge in [-0.25, -0.2) is 4.98 Å². The normalized spacial score (nSPS) is 18.3. The van der Waals surface area contributed by atoms with Crippen LogP contribution in [0.4, 0.5) is 0 Å². The molecular formula is C17H31N3S. The Morgan fingerprint density at radius 3 is 2.67 bits per heavy atom. The van der Waals surface area contributed by atoms with Crippen molar-refractivity contribution in [1.29, 1.82) is 0 Å². The lowest BCUT2D eigenvalue weighted by molar-refractivity contribution is 0.190. The van der Waals surface area contributed by atoms with Crippen molar-refractivity contribution in [3.8, 4) is 0 Å². The Morgan fingerprint density at radius 2 is 2.05 bits per heavy atom. The molecule has 0 atom stereocenters. The van der Waals surface area contributed by atoms with Gasteiger partial charge in [0.15, 0.2) is 0 Å². The Labute approximate surface area is 134 Å². The zero-order valence-electron chi connectivity index (χ0n) is 14.1. The zero-order chi connectivity index (χ0) is 15.3. The highest BCUT2D eigenvalue weighted by molar-refractivity contribution is 7.09. The van der Waals surface area contributed by atoms with Crippen LogP contribution in [-0.4, -0.2) is 36.1 Å². The van der Waals surface area contributed by atoms with E-state index < -0.39 is 0 Å². The second kappa shape index (κ2) is 7.70. The van der Waals surface area contributed by atoms with Crippen LogP contribution in [0.2, 0.25) is 0 Å². The molecule has 0 unspecified atom stereocenters. The molecule has 1 aromatic heterocycles. The minimum atomic E-state index is 0.175. The van der Waals surface area contributed by atoms with E-state index in [1.807, 2.05) is 0 Å². The molecule has 4 heteroatoms. The molecule has 0 aliphatic carbocycles. The highest BCUT2D eigenvalue weighted by Crippen LogP contribution is 2.25. The summed E-state index contributed by atoms with van der Waals surface area (Å²) >= 11 is 1.78. The summed E-state index contributed by atoms with van der Waals surface area (Å²) in [5.74, 6) is 0.932. The van der Waals surface area contributed by atoms with Crippen molar-refractivity contribution in [2.75, 3.05) is 26.2 Å². The number of hydrogen-bond donors (Lipinski definition) is 1. The highest BCUT2D eigenvalue weighted by Gasteiger charge is 2.18. The summed E-state index contributed by atoms with van der Waals surface area (Å²) in [7, 11) is 0. The molecule has 120 valence electrons. The lowest BCUT2D eigenvalue weighted by Crippen LogP contribution is -2.34. The molecule has 2 heterocycles. The summed E-state index contributed by atoms with van der Waals surface area (Å²) < 4.78 is 0. The summed E-state index contributed by atoms with van der Waals surface area (Å²) in [5, 5.41) is 6.96. The molecule has 0 saturated carbocycles. The maximum absolute atomic E-state index is 4.72. The first-order chi connectivity index (χ1) is 9.95. The van der Waals surface area contributed by atoms with Gasteiger partial charge in [0, 0.05) is 17.3 Å². The van der Waals surface area contributed by atoms with Crippen molar-refractivity contribution >= 4 is 11.3 Å². The van der Waals surface area contributed by atoms with Gasteiger partial charge in [0.05, 0.1) is 10.7 Å². The van der Waals surface area contributed by atoms with Gasteiger partial charge < -0.3 is 10.2 Å². The van der Waals surface area contributed by atoms with E-state index in [9.17, 15) is 0 Å². The predicted octanol–water partition coefficient (Wildman–Crippen LogP) is 3.65. The summed E-state index contributed by atoms with van der Waals surface area (Å²) in [4.78, 5) is 7.34. The van der Waals surface area contributed by atoms with Gasteiger partial charge in [-0.2, -0.15) is 0 Å². The Balaban J connectivity index is 1.58. The van der Waals surface area contributed by atoms with E-state index in [-0.39, 0.29) is 5.41 Å². The maximum atomic E-state index is 4.72. The van der Waals surface area contributed by atoms with Gasteiger partial charge in [-0.05, 0) is 51.4 Å². The first kappa shape index (κ1) is 16.9. The predicted molar refractivity (Wildman–Crippen MR) is 92.0 cm³/mol. The van der Waals surface area contributed by atoms with Crippen molar-refractivity contribution in [2.24, 2.45) is 5.92 Å². The Morgan fingerprint density at radius 1 is 1.33 bits per heavy atom. The molecule has 1 fully saturated rings. The van der Waals surface area contributed by atoms with Crippen molar-refractivity contribution in [2.45, 2.75) is 58.9 Å². The summed E-state index contributed by atoms with van der Waals surface area (Å²) in [6.07, 6.45) is 3.99. The molecule has 0 radical (unpaired) electrons. The summed E-state index contributed by atoms with van der Waals surface area (Å²) in [6.45, 7) is 14.9. The fourth-order valence-corrected chi connectivity index (χ4v) is 3.57. The van der Waals surface area contributed by atoms with E-state index >= 15 is 0 Å². The van der Waals surface area contributed by atoms with Gasteiger partial charge in [0.1, 0.15) is 0 Å². The Kier molecular flexibility index (Phi) is 6.20. The number of nitrogens with one attached hydrogen (secondary N) is 1. The number of piperidine rings is 1. The average Bonchev–Trinajstić information content (AvgIpc) is 2.89. The smallest absolute Gasteiger partial charge is 0.0982 e. The Hall–Kier alpha value is -0.450. The third-order valence-electron chi connectivity index (χ3n) is 4.20. The van der Waals surface area contributed by atoms with Gasteiger partial charge in [0.25, 0.3) is 0 Å². The van der Waals surface area contributed by atoms with E-state index in [0.29, 0.717) is 0 Å². The average molecular weight is 310 g/mol. The molecule has 1 saturated heterocycles. The van der Waals surface area contributed by atoms with E-state index in [1.54, 1.807) is 11.3 Å². The number of nitrogens with zero attached hydrogens (tertiary/aromatic N) is 2. The van der Waals surface area contributed by atoms with Gasteiger partial charge in [-0.1, -0.05) is 27.7 Å². The number of likely N-dealkylation sites (tertiary alicyclic amines) is 1. The lowest BCUT2D eigenvalue weighted by atomic mass is 9.98. The second-order valence-electron chi connectivity index (χ2n) is 7.45. The van der Waals surface area contributed by atoms with Crippen molar-refractivity contribution in [1.82, 2.24) is 15.2 Å². The van der Waals surface area contributed by atoms with E-state index in [2.05, 4.69) is 43.3 Å². The van der Waals surface area contributed by atoms with Gasteiger partial charge >= 0.3 is 0 Å². The molecule has 3 nitrogen and oxygen atoms in total. The third kappa shape index (κ3) is 5.68. The van der Waals surface area contributed by atoms with Crippen LogP contribution in [0, 0.1) is 5.92 Å². The number of thiazole rings is 1. The van der Waals surface area contributed by atoms with Gasteiger partial charge in [0.2, 0.25) is 0 Å². The minimum Gasteiger partial charge on any atom is -0.311 e. The molecule has 21 heavy (non-hydrogen) atoms. The highest BCUT2D eigenvalue weighted by atomic mass is 32.1. The first-order valence-corrected chi connectivity index (χ1v) is 9.21. The van der Waals surface area contributed by atoms with Crippen LogP contribution in [-0.2, 0) is 12.0 Å². The molecular weight excluding hydrogens is 278 g/mol. The van der Waals surface area contributed by atoms with Gasteiger partial charge in [-0.3, -0.25) is 0 Å². The molecule has 0 spiro atoms. The third-order valence-corrected chi connectivity index (χ3v) is 5.52.